The first-order chi connectivity index (χ1) is 10.5. The predicted octanol–water partition coefficient (Wildman–Crippen LogP) is 2.17. The van der Waals surface area contributed by atoms with Crippen LogP contribution >= 0.6 is 0 Å². The van der Waals surface area contributed by atoms with Crippen molar-refractivity contribution in [3.05, 3.63) is 23.7 Å². The Bertz CT molecular complexity index is 521. The Kier molecular flexibility index (Phi) is 4.43. The van der Waals surface area contributed by atoms with E-state index in [-0.39, 0.29) is 0 Å². The van der Waals surface area contributed by atoms with E-state index in [2.05, 4.69) is 0 Å². The monoisotopic (exact) mass is 326 g/mol. The summed E-state index contributed by atoms with van der Waals surface area (Å²) in [6.45, 7) is 10.0. The number of cyclic esters (lactones) is 2. The van der Waals surface area contributed by atoms with Crippen LogP contribution < -0.4 is 0 Å². The fourth-order valence-corrected chi connectivity index (χ4v) is 2.28. The lowest BCUT2D eigenvalue weighted by molar-refractivity contribution is -0.218. The molecule has 0 fully saturated rings. The summed E-state index contributed by atoms with van der Waals surface area (Å²) >= 11 is 0. The van der Waals surface area contributed by atoms with Crippen molar-refractivity contribution < 1.29 is 33.3 Å². The largest absolute Gasteiger partial charge is 0.454 e. The van der Waals surface area contributed by atoms with Crippen LogP contribution in [0.15, 0.2) is 23.7 Å². The van der Waals surface area contributed by atoms with E-state index in [9.17, 15) is 9.59 Å². The van der Waals surface area contributed by atoms with Crippen LogP contribution in [0.5, 0.6) is 0 Å². The minimum absolute atomic E-state index is 0.358. The van der Waals surface area contributed by atoms with Gasteiger partial charge in [0.05, 0.1) is 12.2 Å². The molecule has 128 valence electrons. The molecule has 0 N–H and O–H groups in total. The topological polar surface area (TPSA) is 80.3 Å². The summed E-state index contributed by atoms with van der Waals surface area (Å²) in [4.78, 5) is 23.2. The lowest BCUT2D eigenvalue weighted by atomic mass is 10.2. The summed E-state index contributed by atoms with van der Waals surface area (Å²) in [5.74, 6) is -2.36. The van der Waals surface area contributed by atoms with Crippen molar-refractivity contribution in [3.8, 4) is 0 Å². The second-order valence-corrected chi connectivity index (χ2v) is 6.36. The molecule has 0 aromatic carbocycles. The molecule has 7 heteroatoms. The molecular weight excluding hydrogens is 304 g/mol. The van der Waals surface area contributed by atoms with Crippen molar-refractivity contribution in [1.82, 2.24) is 0 Å². The summed E-state index contributed by atoms with van der Waals surface area (Å²) < 4.78 is 27.1. The summed E-state index contributed by atoms with van der Waals surface area (Å²) in [5, 5.41) is 0. The Balaban J connectivity index is 2.07. The Morgan fingerprint density at radius 1 is 0.783 bits per heavy atom. The number of hydrogen-bond donors (Lipinski definition) is 0. The van der Waals surface area contributed by atoms with Gasteiger partial charge in [0.25, 0.3) is 0 Å². The fourth-order valence-electron chi connectivity index (χ4n) is 2.28. The van der Waals surface area contributed by atoms with E-state index in [1.807, 2.05) is 0 Å². The maximum atomic E-state index is 11.6. The van der Waals surface area contributed by atoms with Gasteiger partial charge >= 0.3 is 11.9 Å². The van der Waals surface area contributed by atoms with Crippen molar-refractivity contribution in [2.75, 3.05) is 0 Å². The molecule has 2 heterocycles. The molecule has 0 radical (unpaired) electrons. The van der Waals surface area contributed by atoms with Crippen LogP contribution in [0.2, 0.25) is 0 Å². The average molecular weight is 326 g/mol. The van der Waals surface area contributed by atoms with E-state index >= 15 is 0 Å². The van der Waals surface area contributed by atoms with E-state index in [1.54, 1.807) is 41.5 Å². The van der Waals surface area contributed by atoms with E-state index in [4.69, 9.17) is 23.7 Å². The van der Waals surface area contributed by atoms with Crippen molar-refractivity contribution in [2.45, 2.75) is 65.3 Å². The fraction of sp³-hybridized carbons (Fsp3) is 0.625. The smallest absolute Gasteiger partial charge is 0.337 e. The second kappa shape index (κ2) is 5.88. The number of carbonyl (C=O) groups is 2. The summed E-state index contributed by atoms with van der Waals surface area (Å²) in [5.41, 5.74) is 0. The van der Waals surface area contributed by atoms with E-state index in [0.717, 1.165) is 0 Å². The van der Waals surface area contributed by atoms with Crippen molar-refractivity contribution >= 4 is 11.9 Å². The molecule has 0 amide bonds. The SMILES string of the molecule is CC(OC(C)C1=CC(=O)OC(C)(C)O1)C1=CC(=O)OC(C)(C)O1. The molecule has 7 nitrogen and oxygen atoms in total. The van der Waals surface area contributed by atoms with Crippen LogP contribution in [0.1, 0.15) is 41.5 Å². The van der Waals surface area contributed by atoms with Crippen LogP contribution in [0.25, 0.3) is 0 Å². The molecule has 2 aliphatic rings. The molecule has 0 bridgehead atoms. The third kappa shape index (κ3) is 4.48. The zero-order valence-corrected chi connectivity index (χ0v) is 14.2. The van der Waals surface area contributed by atoms with Gasteiger partial charge in [0.2, 0.25) is 11.6 Å². The van der Waals surface area contributed by atoms with Crippen molar-refractivity contribution in [2.24, 2.45) is 0 Å². The lowest BCUT2D eigenvalue weighted by Crippen LogP contribution is -2.39. The lowest BCUT2D eigenvalue weighted by Gasteiger charge is -2.35. The van der Waals surface area contributed by atoms with Gasteiger partial charge < -0.3 is 23.7 Å². The second-order valence-electron chi connectivity index (χ2n) is 6.36. The number of esters is 2. The number of ether oxygens (including phenoxy) is 5. The molecule has 0 aromatic rings. The Morgan fingerprint density at radius 2 is 1.13 bits per heavy atom. The maximum absolute atomic E-state index is 11.6. The first kappa shape index (κ1) is 17.3. The van der Waals surface area contributed by atoms with Gasteiger partial charge in [-0.2, -0.15) is 0 Å². The summed E-state index contributed by atoms with van der Waals surface area (Å²) in [7, 11) is 0. The molecule has 2 atom stereocenters. The normalized spacial score (nSPS) is 25.0. The highest BCUT2D eigenvalue weighted by atomic mass is 16.7. The zero-order chi connectivity index (χ0) is 17.4. The van der Waals surface area contributed by atoms with Crippen molar-refractivity contribution in [3.63, 3.8) is 0 Å². The van der Waals surface area contributed by atoms with Gasteiger partial charge in [0.1, 0.15) is 23.7 Å². The molecule has 2 rings (SSSR count). The van der Waals surface area contributed by atoms with E-state index in [1.165, 1.54) is 12.2 Å². The molecule has 0 spiro atoms. The maximum Gasteiger partial charge on any atom is 0.337 e. The van der Waals surface area contributed by atoms with Crippen LogP contribution in [0.3, 0.4) is 0 Å². The molecule has 0 aromatic heterocycles. The molecule has 23 heavy (non-hydrogen) atoms. The van der Waals surface area contributed by atoms with Crippen LogP contribution in [-0.2, 0) is 33.3 Å². The third-order valence-electron chi connectivity index (χ3n) is 3.15. The average Bonchev–Trinajstić information content (AvgIpc) is 2.33. The van der Waals surface area contributed by atoms with Crippen LogP contribution in [-0.4, -0.2) is 35.7 Å². The minimum atomic E-state index is -1.05. The molecule has 0 aliphatic carbocycles. The first-order valence-electron chi connectivity index (χ1n) is 7.40. The van der Waals surface area contributed by atoms with Gasteiger partial charge in [-0.05, 0) is 13.8 Å². The molecule has 0 saturated carbocycles. The highest BCUT2D eigenvalue weighted by Gasteiger charge is 2.35. The predicted molar refractivity (Wildman–Crippen MR) is 78.7 cm³/mol. The standard InChI is InChI=1S/C16H22O7/c1-9(11-7-13(17)22-15(3,4)20-11)19-10(2)12-8-14(18)23-16(5,6)21-12/h7-10H,1-6H3. The Morgan fingerprint density at radius 3 is 1.43 bits per heavy atom. The quantitative estimate of drug-likeness (QED) is 0.732. The van der Waals surface area contributed by atoms with Gasteiger partial charge in [0, 0.05) is 27.7 Å². The molecule has 2 aliphatic heterocycles. The molecule has 2 unspecified atom stereocenters. The van der Waals surface area contributed by atoms with Crippen molar-refractivity contribution in [1.29, 1.82) is 0 Å². The zero-order valence-electron chi connectivity index (χ0n) is 14.2. The summed E-state index contributed by atoms with van der Waals surface area (Å²) in [6.07, 6.45) is 1.44. The Labute approximate surface area is 135 Å². The highest BCUT2D eigenvalue weighted by molar-refractivity contribution is 5.84. The van der Waals surface area contributed by atoms with Gasteiger partial charge in [-0.1, -0.05) is 0 Å². The van der Waals surface area contributed by atoms with E-state index < -0.39 is 35.7 Å². The van der Waals surface area contributed by atoms with Gasteiger partial charge in [-0.25, -0.2) is 9.59 Å². The van der Waals surface area contributed by atoms with E-state index in [0.29, 0.717) is 11.5 Å². The van der Waals surface area contributed by atoms with Gasteiger partial charge in [-0.15, -0.1) is 0 Å². The summed E-state index contributed by atoms with van der Waals surface area (Å²) in [6, 6.07) is 0. The number of carbonyl (C=O) groups excluding carboxylic acids is 2. The molecular formula is C16H22O7. The number of hydrogen-bond acceptors (Lipinski definition) is 7. The van der Waals surface area contributed by atoms with Crippen LogP contribution in [0.4, 0.5) is 0 Å². The highest BCUT2D eigenvalue weighted by Crippen LogP contribution is 2.29. The minimum Gasteiger partial charge on any atom is -0.454 e. The van der Waals surface area contributed by atoms with Gasteiger partial charge in [-0.3, -0.25) is 0 Å². The molecule has 0 saturated heterocycles. The Hall–Kier alpha value is -2.02. The first-order valence-corrected chi connectivity index (χ1v) is 7.40. The van der Waals surface area contributed by atoms with Gasteiger partial charge in [0.15, 0.2) is 0 Å². The van der Waals surface area contributed by atoms with Crippen LogP contribution in [0, 0.1) is 0 Å². The third-order valence-corrected chi connectivity index (χ3v) is 3.15. The number of rotatable bonds is 4.